The van der Waals surface area contributed by atoms with Crippen LogP contribution in [0.3, 0.4) is 0 Å². The Labute approximate surface area is 145 Å². The molecule has 0 amide bonds. The summed E-state index contributed by atoms with van der Waals surface area (Å²) in [7, 11) is -5.75. The first-order valence-electron chi connectivity index (χ1n) is 9.64. The predicted octanol–water partition coefficient (Wildman–Crippen LogP) is -1.11. The summed E-state index contributed by atoms with van der Waals surface area (Å²) in [4.78, 5) is 13.2. The maximum absolute atomic E-state index is 4.39. The van der Waals surface area contributed by atoms with Crippen LogP contribution in [0.4, 0.5) is 0 Å². The molecule has 0 saturated carbocycles. The van der Waals surface area contributed by atoms with Crippen molar-refractivity contribution in [3.05, 3.63) is 0 Å². The van der Waals surface area contributed by atoms with E-state index in [-0.39, 0.29) is 0 Å². The molecule has 0 radical (unpaired) electrons. The van der Waals surface area contributed by atoms with E-state index in [0.29, 0.717) is 0 Å². The van der Waals surface area contributed by atoms with Crippen molar-refractivity contribution in [1.29, 1.82) is 0 Å². The zero-order valence-corrected chi connectivity index (χ0v) is 17.2. The number of nitrogens with one attached hydrogen (secondary N) is 3. The third-order valence-corrected chi connectivity index (χ3v) is 23.0. The summed E-state index contributed by atoms with van der Waals surface area (Å²) in [5.41, 5.74) is 0. The molecule has 7 saturated heterocycles. The Morgan fingerprint density at radius 1 is 0.333 bits per heavy atom. The van der Waals surface area contributed by atoms with E-state index in [1.165, 1.54) is 78.5 Å². The van der Waals surface area contributed by atoms with Gasteiger partial charge in [0.1, 0.15) is 0 Å². The van der Waals surface area contributed by atoms with E-state index in [4.69, 9.17) is 0 Å². The van der Waals surface area contributed by atoms with Crippen LogP contribution in [-0.2, 0) is 0 Å². The fourth-order valence-electron chi connectivity index (χ4n) is 4.61. The normalized spacial score (nSPS) is 44.5. The molecule has 0 aliphatic carbocycles. The van der Waals surface area contributed by atoms with Crippen LogP contribution in [0.25, 0.3) is 0 Å². The molecule has 7 fully saturated rings. The first kappa shape index (κ1) is 14.9. The van der Waals surface area contributed by atoms with Crippen molar-refractivity contribution >= 4 is 23.6 Å². The average Bonchev–Trinajstić information content (AvgIpc) is 3.37. The minimum absolute atomic E-state index is 1.29. The second-order valence-corrected chi connectivity index (χ2v) is 19.1. The first-order valence-corrected chi connectivity index (χ1v) is 15.3. The Balaban J connectivity index is 1.37. The Morgan fingerprint density at radius 2 is 0.500 bits per heavy atom. The predicted molar refractivity (Wildman–Crippen MR) is 104 cm³/mol. The van der Waals surface area contributed by atoms with Gasteiger partial charge in [-0.2, -0.15) is 0 Å². The van der Waals surface area contributed by atoms with Crippen LogP contribution in [0.1, 0.15) is 0 Å². The molecule has 0 aromatic rings. The summed E-state index contributed by atoms with van der Waals surface area (Å²) in [6.45, 7) is 15.5. The summed E-state index contributed by atoms with van der Waals surface area (Å²) in [6, 6.07) is 0. The molecule has 3 N–H and O–H groups in total. The maximum atomic E-state index is 4.39. The van der Waals surface area contributed by atoms with Gasteiger partial charge in [-0.25, -0.2) is 0 Å². The molecule has 138 valence electrons. The topological polar surface area (TPSA) is 54.1 Å². The second-order valence-electron chi connectivity index (χ2n) is 8.31. The van der Waals surface area contributed by atoms with E-state index in [0.717, 1.165) is 0 Å². The SMILES string of the molecule is C1CN1[PH]1(N2CC2)N[PH](N2CC2)(N2CC2)N[PH](N2CC2)(N2CC2)N1. The van der Waals surface area contributed by atoms with E-state index in [2.05, 4.69) is 42.6 Å². The van der Waals surface area contributed by atoms with Crippen LogP contribution in [0.15, 0.2) is 0 Å². The molecular weight excluding hydrogens is 363 g/mol. The molecule has 0 aromatic carbocycles. The van der Waals surface area contributed by atoms with Crippen LogP contribution >= 0.6 is 23.6 Å². The van der Waals surface area contributed by atoms with Gasteiger partial charge in [0, 0.05) is 0 Å². The van der Waals surface area contributed by atoms with E-state index < -0.39 is 23.6 Å². The summed E-state index contributed by atoms with van der Waals surface area (Å²) >= 11 is 0. The summed E-state index contributed by atoms with van der Waals surface area (Å²) in [5, 5.41) is 0. The van der Waals surface area contributed by atoms with Crippen LogP contribution in [0.2, 0.25) is 0 Å². The fraction of sp³-hybridized carbons (Fsp3) is 1.00. The molecule has 9 nitrogen and oxygen atoms in total. The van der Waals surface area contributed by atoms with Gasteiger partial charge in [0.15, 0.2) is 0 Å². The van der Waals surface area contributed by atoms with E-state index in [9.17, 15) is 0 Å². The molecule has 0 atom stereocenters. The third kappa shape index (κ3) is 2.07. The molecular formula is C12H30N9P3. The molecule has 0 bridgehead atoms. The molecule has 7 aliphatic rings. The van der Waals surface area contributed by atoms with Gasteiger partial charge in [-0.1, -0.05) is 0 Å². The standard InChI is InChI=1S/C12H30N9P3/c1-2-16(1)22(17-3-4-17)13-23(18-5-6-18,19-7-8-19)15-24(14-22,20-9-10-20)21-11-12-21/h13-15,22-24H,1-12H2. The summed E-state index contributed by atoms with van der Waals surface area (Å²) in [5.74, 6) is 0. The number of rotatable bonds is 6. The number of nitrogens with zero attached hydrogens (tertiary/aromatic N) is 6. The molecule has 12 heteroatoms. The van der Waals surface area contributed by atoms with Gasteiger partial charge >= 0.3 is 145 Å². The second kappa shape index (κ2) is 4.67. The molecule has 0 spiro atoms. The quantitative estimate of drug-likeness (QED) is 0.385. The molecule has 7 aliphatic heterocycles. The first-order chi connectivity index (χ1) is 11.8. The molecule has 7 heterocycles. The third-order valence-electron chi connectivity index (χ3n) is 6.47. The van der Waals surface area contributed by atoms with Crippen LogP contribution in [-0.4, -0.2) is 107 Å². The fourth-order valence-corrected chi connectivity index (χ4v) is 26.2. The Bertz CT molecular complexity index is 453. The van der Waals surface area contributed by atoms with Crippen LogP contribution in [0, 0.1) is 0 Å². The van der Waals surface area contributed by atoms with Gasteiger partial charge in [0.2, 0.25) is 0 Å². The molecule has 7 rings (SSSR count). The Hall–Kier alpha value is 0.930. The summed E-state index contributed by atoms with van der Waals surface area (Å²) in [6.07, 6.45) is 0. The Morgan fingerprint density at radius 3 is 0.625 bits per heavy atom. The van der Waals surface area contributed by atoms with E-state index in [1.54, 1.807) is 0 Å². The van der Waals surface area contributed by atoms with Gasteiger partial charge in [-0.3, -0.25) is 0 Å². The molecule has 0 unspecified atom stereocenters. The molecule has 0 aromatic heterocycles. The van der Waals surface area contributed by atoms with Gasteiger partial charge in [-0.15, -0.1) is 0 Å². The minimum atomic E-state index is -1.92. The van der Waals surface area contributed by atoms with E-state index in [1.807, 2.05) is 0 Å². The van der Waals surface area contributed by atoms with Crippen LogP contribution < -0.4 is 14.6 Å². The Kier molecular flexibility index (Phi) is 2.90. The van der Waals surface area contributed by atoms with Crippen molar-refractivity contribution in [3.8, 4) is 0 Å². The summed E-state index contributed by atoms with van der Waals surface area (Å²) < 4.78 is 16.7. The van der Waals surface area contributed by atoms with Gasteiger partial charge in [0.25, 0.3) is 0 Å². The number of hydrogen-bond acceptors (Lipinski definition) is 9. The average molecular weight is 393 g/mol. The van der Waals surface area contributed by atoms with Crippen molar-refractivity contribution in [3.63, 3.8) is 0 Å². The number of hydrogen-bond donors (Lipinski definition) is 3. The zero-order valence-electron chi connectivity index (χ0n) is 14.2. The molecule has 24 heavy (non-hydrogen) atoms. The van der Waals surface area contributed by atoms with Crippen molar-refractivity contribution in [1.82, 2.24) is 42.6 Å². The zero-order chi connectivity index (χ0) is 15.6. The van der Waals surface area contributed by atoms with Gasteiger partial charge in [0.05, 0.1) is 0 Å². The van der Waals surface area contributed by atoms with Crippen molar-refractivity contribution in [2.45, 2.75) is 0 Å². The van der Waals surface area contributed by atoms with Gasteiger partial charge in [-0.05, 0) is 0 Å². The van der Waals surface area contributed by atoms with Gasteiger partial charge < -0.3 is 0 Å². The van der Waals surface area contributed by atoms with Crippen molar-refractivity contribution < 1.29 is 0 Å². The monoisotopic (exact) mass is 393 g/mol. The van der Waals surface area contributed by atoms with Crippen molar-refractivity contribution in [2.24, 2.45) is 0 Å². The van der Waals surface area contributed by atoms with Crippen molar-refractivity contribution in [2.75, 3.05) is 78.5 Å². The van der Waals surface area contributed by atoms with E-state index >= 15 is 0 Å². The van der Waals surface area contributed by atoms with Crippen LogP contribution in [0.5, 0.6) is 0 Å².